The largest absolute Gasteiger partial charge is 0.329 e. The highest BCUT2D eigenvalue weighted by molar-refractivity contribution is 7.91. The number of benzene rings is 1. The lowest BCUT2D eigenvalue weighted by atomic mass is 10.1. The number of amides is 1. The number of sulfone groups is 1. The van der Waals surface area contributed by atoms with Crippen LogP contribution in [0.25, 0.3) is 0 Å². The van der Waals surface area contributed by atoms with Crippen LogP contribution in [0.3, 0.4) is 0 Å². The minimum absolute atomic E-state index is 0.0344. The van der Waals surface area contributed by atoms with Crippen LogP contribution in [0.15, 0.2) is 35.7 Å². The van der Waals surface area contributed by atoms with E-state index in [-0.39, 0.29) is 34.3 Å². The highest BCUT2D eigenvalue weighted by Crippen LogP contribution is 2.28. The Morgan fingerprint density at radius 3 is 2.73 bits per heavy atom. The molecule has 3 rings (SSSR count). The Morgan fingerprint density at radius 1 is 1.38 bits per heavy atom. The van der Waals surface area contributed by atoms with Crippen LogP contribution in [0, 0.1) is 10.1 Å². The van der Waals surface area contributed by atoms with E-state index in [4.69, 9.17) is 11.6 Å². The summed E-state index contributed by atoms with van der Waals surface area (Å²) in [6, 6.07) is 7.11. The van der Waals surface area contributed by atoms with Crippen LogP contribution < -0.4 is 0 Å². The van der Waals surface area contributed by atoms with Gasteiger partial charge in [0.1, 0.15) is 5.02 Å². The second-order valence-electron chi connectivity index (χ2n) is 5.99. The lowest BCUT2D eigenvalue weighted by Gasteiger charge is -2.28. The molecule has 0 unspecified atom stereocenters. The molecule has 10 heteroatoms. The van der Waals surface area contributed by atoms with Crippen LogP contribution in [0.5, 0.6) is 0 Å². The third-order valence-corrected chi connectivity index (χ3v) is 7.14. The Kier molecular flexibility index (Phi) is 5.31. The molecule has 0 radical (unpaired) electrons. The molecule has 1 amide bonds. The van der Waals surface area contributed by atoms with Crippen LogP contribution >= 0.6 is 22.9 Å². The van der Waals surface area contributed by atoms with E-state index in [1.165, 1.54) is 28.4 Å². The van der Waals surface area contributed by atoms with Crippen LogP contribution in [-0.4, -0.2) is 41.7 Å². The molecule has 2 aromatic rings. The molecule has 1 aromatic carbocycles. The van der Waals surface area contributed by atoms with Crippen molar-refractivity contribution in [2.45, 2.75) is 19.0 Å². The molecule has 0 saturated carbocycles. The molecule has 0 N–H and O–H groups in total. The van der Waals surface area contributed by atoms with Crippen molar-refractivity contribution in [2.75, 3.05) is 11.5 Å². The van der Waals surface area contributed by atoms with E-state index < -0.39 is 26.7 Å². The fourth-order valence-electron chi connectivity index (χ4n) is 2.91. The zero-order valence-electron chi connectivity index (χ0n) is 13.5. The van der Waals surface area contributed by atoms with Gasteiger partial charge in [-0.3, -0.25) is 14.9 Å². The maximum absolute atomic E-state index is 13.0. The summed E-state index contributed by atoms with van der Waals surface area (Å²) < 4.78 is 23.7. The third kappa shape index (κ3) is 4.05. The zero-order valence-corrected chi connectivity index (χ0v) is 15.9. The topological polar surface area (TPSA) is 97.6 Å². The molecule has 1 saturated heterocycles. The van der Waals surface area contributed by atoms with Gasteiger partial charge in [-0.25, -0.2) is 8.42 Å². The number of carbonyl (C=O) groups is 1. The first-order valence-corrected chi connectivity index (χ1v) is 10.8. The molecule has 0 spiro atoms. The van der Waals surface area contributed by atoms with Crippen molar-refractivity contribution in [1.29, 1.82) is 0 Å². The number of nitro groups is 1. The molecule has 1 aliphatic heterocycles. The highest BCUT2D eigenvalue weighted by atomic mass is 35.5. The van der Waals surface area contributed by atoms with E-state index in [0.29, 0.717) is 6.42 Å². The number of hydrogen-bond donors (Lipinski definition) is 0. The van der Waals surface area contributed by atoms with Crippen molar-refractivity contribution in [3.05, 3.63) is 61.3 Å². The fraction of sp³-hybridized carbons (Fsp3) is 0.312. The normalized spacial score (nSPS) is 18.6. The molecular formula is C16H15ClN2O5S2. The average molecular weight is 415 g/mol. The number of nitrogens with zero attached hydrogens (tertiary/aromatic N) is 2. The maximum atomic E-state index is 13.0. The van der Waals surface area contributed by atoms with E-state index in [2.05, 4.69) is 0 Å². The van der Waals surface area contributed by atoms with Crippen molar-refractivity contribution in [1.82, 2.24) is 4.90 Å². The minimum Gasteiger partial charge on any atom is -0.329 e. The number of halogens is 1. The van der Waals surface area contributed by atoms with Crippen molar-refractivity contribution in [2.24, 2.45) is 0 Å². The predicted octanol–water partition coefficient (Wildman–Crippen LogP) is 3.14. The van der Waals surface area contributed by atoms with Gasteiger partial charge in [0.2, 0.25) is 0 Å². The predicted molar refractivity (Wildman–Crippen MR) is 99.4 cm³/mol. The first-order valence-electron chi connectivity index (χ1n) is 7.74. The van der Waals surface area contributed by atoms with Gasteiger partial charge in [-0.05, 0) is 30.0 Å². The summed E-state index contributed by atoms with van der Waals surface area (Å²) in [4.78, 5) is 25.9. The standard InChI is InChI=1S/C16H15ClN2O5S2/c17-14-4-3-11(8-15(14)19(21)22)16(20)18(9-13-2-1-6-25-13)12-5-7-26(23,24)10-12/h1-4,6,8,12H,5,7,9-10H2/t12-/m1/s1. The Hall–Kier alpha value is -1.97. The van der Waals surface area contributed by atoms with E-state index >= 15 is 0 Å². The summed E-state index contributed by atoms with van der Waals surface area (Å²) in [6.45, 7) is 0.257. The van der Waals surface area contributed by atoms with Gasteiger partial charge in [0, 0.05) is 22.5 Å². The van der Waals surface area contributed by atoms with E-state index in [0.717, 1.165) is 10.9 Å². The first-order chi connectivity index (χ1) is 12.3. The van der Waals surface area contributed by atoms with Gasteiger partial charge < -0.3 is 4.90 Å². The fourth-order valence-corrected chi connectivity index (χ4v) is 5.53. The molecule has 0 aliphatic carbocycles. The van der Waals surface area contributed by atoms with Gasteiger partial charge in [-0.2, -0.15) is 0 Å². The van der Waals surface area contributed by atoms with E-state index in [9.17, 15) is 23.3 Å². The van der Waals surface area contributed by atoms with Gasteiger partial charge >= 0.3 is 0 Å². The highest BCUT2D eigenvalue weighted by Gasteiger charge is 2.35. The Bertz CT molecular complexity index is 944. The van der Waals surface area contributed by atoms with Gasteiger partial charge in [0.05, 0.1) is 23.0 Å². The molecule has 138 valence electrons. The molecule has 1 fully saturated rings. The Morgan fingerprint density at radius 2 is 2.15 bits per heavy atom. The summed E-state index contributed by atoms with van der Waals surface area (Å²) in [5, 5.41) is 12.9. The number of carbonyl (C=O) groups excluding carboxylic acids is 1. The summed E-state index contributed by atoms with van der Waals surface area (Å²) >= 11 is 7.27. The second-order valence-corrected chi connectivity index (χ2v) is 9.66. The molecule has 1 aliphatic rings. The second kappa shape index (κ2) is 7.34. The van der Waals surface area contributed by atoms with Crippen LogP contribution in [0.1, 0.15) is 21.7 Å². The zero-order chi connectivity index (χ0) is 18.9. The van der Waals surface area contributed by atoms with Crippen LogP contribution in [0.2, 0.25) is 5.02 Å². The third-order valence-electron chi connectivity index (χ3n) is 4.21. The monoisotopic (exact) mass is 414 g/mol. The van der Waals surface area contributed by atoms with Crippen molar-refractivity contribution in [3.8, 4) is 0 Å². The van der Waals surface area contributed by atoms with Crippen LogP contribution in [0.4, 0.5) is 5.69 Å². The van der Waals surface area contributed by atoms with Gasteiger partial charge in [-0.15, -0.1) is 11.3 Å². The summed E-state index contributed by atoms with van der Waals surface area (Å²) in [5.74, 6) is -0.507. The first kappa shape index (κ1) is 18.8. The maximum Gasteiger partial charge on any atom is 0.288 e. The van der Waals surface area contributed by atoms with Crippen LogP contribution in [-0.2, 0) is 16.4 Å². The van der Waals surface area contributed by atoms with Gasteiger partial charge in [0.25, 0.3) is 11.6 Å². The van der Waals surface area contributed by atoms with Crippen molar-refractivity contribution in [3.63, 3.8) is 0 Å². The number of rotatable bonds is 5. The molecule has 0 bridgehead atoms. The van der Waals surface area contributed by atoms with Crippen molar-refractivity contribution >= 4 is 44.4 Å². The SMILES string of the molecule is O=C(c1ccc(Cl)c([N+](=O)[O-])c1)N(Cc1cccs1)[C@@H]1CCS(=O)(=O)C1. The number of hydrogen-bond acceptors (Lipinski definition) is 6. The summed E-state index contributed by atoms with van der Waals surface area (Å²) in [7, 11) is -3.18. The number of nitro benzene ring substituents is 1. The molecule has 1 atom stereocenters. The van der Waals surface area contributed by atoms with E-state index in [1.807, 2.05) is 17.5 Å². The average Bonchev–Trinajstić information content (AvgIpc) is 3.21. The van der Waals surface area contributed by atoms with Gasteiger partial charge in [-0.1, -0.05) is 17.7 Å². The lowest BCUT2D eigenvalue weighted by Crippen LogP contribution is -2.40. The summed E-state index contributed by atoms with van der Waals surface area (Å²) in [5.41, 5.74) is -0.241. The van der Waals surface area contributed by atoms with Gasteiger partial charge in [0.15, 0.2) is 9.84 Å². The molecule has 26 heavy (non-hydrogen) atoms. The quantitative estimate of drug-likeness (QED) is 0.553. The molecule has 7 nitrogen and oxygen atoms in total. The molecule has 1 aromatic heterocycles. The lowest BCUT2D eigenvalue weighted by molar-refractivity contribution is -0.384. The van der Waals surface area contributed by atoms with E-state index in [1.54, 1.807) is 0 Å². The van der Waals surface area contributed by atoms with Crippen molar-refractivity contribution < 1.29 is 18.1 Å². The molecule has 2 heterocycles. The minimum atomic E-state index is -3.18. The molecular weight excluding hydrogens is 400 g/mol. The summed E-state index contributed by atoms with van der Waals surface area (Å²) in [6.07, 6.45) is 0.356. The Balaban J connectivity index is 1.94. The smallest absolute Gasteiger partial charge is 0.288 e. The Labute approximate surface area is 159 Å². The number of thiophene rings is 1.